The zero-order valence-electron chi connectivity index (χ0n) is 10.0. The third kappa shape index (κ3) is 2.25. The van der Waals surface area contributed by atoms with Gasteiger partial charge in [0.1, 0.15) is 0 Å². The van der Waals surface area contributed by atoms with E-state index in [4.69, 9.17) is 5.53 Å². The van der Waals surface area contributed by atoms with Gasteiger partial charge in [0, 0.05) is 0 Å². The molecule has 0 fully saturated rings. The second-order valence-corrected chi connectivity index (χ2v) is 4.58. The van der Waals surface area contributed by atoms with Gasteiger partial charge in [0.15, 0.2) is 0 Å². The van der Waals surface area contributed by atoms with Crippen molar-refractivity contribution in [2.75, 3.05) is 0 Å². The molecule has 0 aliphatic rings. The molecular formula is C13H20N2. The van der Waals surface area contributed by atoms with E-state index in [1.54, 1.807) is 0 Å². The van der Waals surface area contributed by atoms with E-state index in [1.165, 1.54) is 5.56 Å². The average molecular weight is 204 g/mol. The van der Waals surface area contributed by atoms with Crippen molar-refractivity contribution in [2.24, 2.45) is 11.0 Å². The van der Waals surface area contributed by atoms with Crippen LogP contribution < -0.4 is 0 Å². The van der Waals surface area contributed by atoms with Gasteiger partial charge in [-0.15, -0.1) is 0 Å². The summed E-state index contributed by atoms with van der Waals surface area (Å²) in [6, 6.07) is 8.02. The zero-order valence-corrected chi connectivity index (χ0v) is 10.0. The van der Waals surface area contributed by atoms with Crippen molar-refractivity contribution in [2.45, 2.75) is 39.5 Å². The molecule has 1 unspecified atom stereocenters. The van der Waals surface area contributed by atoms with E-state index >= 15 is 0 Å². The molecule has 0 radical (unpaired) electrons. The van der Waals surface area contributed by atoms with E-state index in [-0.39, 0.29) is 5.41 Å². The summed E-state index contributed by atoms with van der Waals surface area (Å²) in [7, 11) is 0. The van der Waals surface area contributed by atoms with Crippen LogP contribution in [-0.4, -0.2) is 0 Å². The molecule has 2 nitrogen and oxygen atoms in total. The molecule has 0 bridgehead atoms. The molecule has 82 valence electrons. The van der Waals surface area contributed by atoms with Gasteiger partial charge in [-0.05, 0) is 35.4 Å². The van der Waals surface area contributed by atoms with Crippen LogP contribution >= 0.6 is 0 Å². The molecule has 0 aromatic heterocycles. The molecule has 0 saturated carbocycles. The molecule has 0 aliphatic heterocycles. The summed E-state index contributed by atoms with van der Waals surface area (Å²) < 4.78 is 0. The van der Waals surface area contributed by atoms with Crippen molar-refractivity contribution in [3.05, 3.63) is 29.8 Å². The highest BCUT2D eigenvalue weighted by atomic mass is 14.9. The quantitative estimate of drug-likeness (QED) is 0.692. The summed E-state index contributed by atoms with van der Waals surface area (Å²) in [6.07, 6.45) is 1.13. The number of benzene rings is 1. The van der Waals surface area contributed by atoms with Crippen molar-refractivity contribution in [3.63, 3.8) is 0 Å². The van der Waals surface area contributed by atoms with Crippen LogP contribution in [-0.2, 0) is 5.41 Å². The number of hydrogen-bond donors (Lipinski definition) is 1. The third-order valence-electron chi connectivity index (χ3n) is 3.66. The van der Waals surface area contributed by atoms with Gasteiger partial charge in [-0.1, -0.05) is 39.8 Å². The Labute approximate surface area is 92.2 Å². The molecule has 1 aromatic rings. The summed E-state index contributed by atoms with van der Waals surface area (Å²) in [5, 5.41) is 3.41. The first-order valence-electron chi connectivity index (χ1n) is 5.52. The van der Waals surface area contributed by atoms with E-state index in [0.717, 1.165) is 12.1 Å². The molecule has 2 heteroatoms. The maximum absolute atomic E-state index is 6.92. The highest BCUT2D eigenvalue weighted by Gasteiger charge is 2.27. The van der Waals surface area contributed by atoms with Gasteiger partial charge in [-0.3, -0.25) is 0 Å². The summed E-state index contributed by atoms with van der Waals surface area (Å²) in [5.74, 6) is 0.612. The number of hydrogen-bond acceptors (Lipinski definition) is 2. The van der Waals surface area contributed by atoms with Crippen molar-refractivity contribution in [1.82, 2.24) is 0 Å². The molecule has 15 heavy (non-hydrogen) atoms. The Bertz CT molecular complexity index is 327. The topological polar surface area (TPSA) is 36.2 Å². The summed E-state index contributed by atoms with van der Waals surface area (Å²) in [4.78, 5) is 0. The Morgan fingerprint density at radius 3 is 2.13 bits per heavy atom. The van der Waals surface area contributed by atoms with E-state index in [0.29, 0.717) is 5.92 Å². The fourth-order valence-corrected chi connectivity index (χ4v) is 1.86. The maximum Gasteiger partial charge on any atom is 0.0850 e. The van der Waals surface area contributed by atoms with E-state index in [2.05, 4.69) is 44.9 Å². The lowest BCUT2D eigenvalue weighted by Crippen LogP contribution is -2.27. The SMILES string of the molecule is CCC(C)(c1ccc(N=N)cc1)C(C)C. The lowest BCUT2D eigenvalue weighted by Gasteiger charge is -2.33. The first-order valence-corrected chi connectivity index (χ1v) is 5.52. The van der Waals surface area contributed by atoms with E-state index in [9.17, 15) is 0 Å². The Morgan fingerprint density at radius 1 is 1.27 bits per heavy atom. The monoisotopic (exact) mass is 204 g/mol. The molecule has 0 heterocycles. The number of rotatable bonds is 4. The molecule has 0 amide bonds. The average Bonchev–Trinajstić information content (AvgIpc) is 2.28. The predicted molar refractivity (Wildman–Crippen MR) is 63.7 cm³/mol. The van der Waals surface area contributed by atoms with Crippen LogP contribution in [0.1, 0.15) is 39.7 Å². The number of nitrogens with one attached hydrogen (secondary N) is 1. The van der Waals surface area contributed by atoms with Crippen LogP contribution in [0.2, 0.25) is 0 Å². The number of nitrogens with zero attached hydrogens (tertiary/aromatic N) is 1. The molecular weight excluding hydrogens is 184 g/mol. The molecule has 1 aromatic carbocycles. The third-order valence-corrected chi connectivity index (χ3v) is 3.66. The van der Waals surface area contributed by atoms with Crippen LogP contribution in [0.25, 0.3) is 0 Å². The summed E-state index contributed by atoms with van der Waals surface area (Å²) in [5.41, 5.74) is 9.21. The predicted octanol–water partition coefficient (Wildman–Crippen LogP) is 4.67. The highest BCUT2D eigenvalue weighted by Crippen LogP contribution is 2.35. The van der Waals surface area contributed by atoms with Crippen LogP contribution in [0.4, 0.5) is 5.69 Å². The van der Waals surface area contributed by atoms with Gasteiger partial charge >= 0.3 is 0 Å². The first-order chi connectivity index (χ1) is 7.04. The van der Waals surface area contributed by atoms with Crippen molar-refractivity contribution < 1.29 is 0 Å². The Balaban J connectivity index is 3.08. The molecule has 1 rings (SSSR count). The minimum Gasteiger partial charge on any atom is -0.204 e. The summed E-state index contributed by atoms with van der Waals surface area (Å²) in [6.45, 7) is 9.03. The van der Waals surface area contributed by atoms with Gasteiger partial charge in [0.05, 0.1) is 5.69 Å². The van der Waals surface area contributed by atoms with E-state index < -0.39 is 0 Å². The highest BCUT2D eigenvalue weighted by molar-refractivity contribution is 5.40. The molecule has 1 N–H and O–H groups in total. The van der Waals surface area contributed by atoms with Crippen LogP contribution in [0.5, 0.6) is 0 Å². The van der Waals surface area contributed by atoms with Gasteiger partial charge in [-0.25, -0.2) is 5.53 Å². The van der Waals surface area contributed by atoms with Crippen molar-refractivity contribution >= 4 is 5.69 Å². The van der Waals surface area contributed by atoms with Gasteiger partial charge < -0.3 is 0 Å². The molecule has 0 spiro atoms. The van der Waals surface area contributed by atoms with Crippen LogP contribution in [0.3, 0.4) is 0 Å². The van der Waals surface area contributed by atoms with Gasteiger partial charge in [0.25, 0.3) is 0 Å². The molecule has 0 saturated heterocycles. The second-order valence-electron chi connectivity index (χ2n) is 4.58. The van der Waals surface area contributed by atoms with Gasteiger partial charge in [0.2, 0.25) is 0 Å². The summed E-state index contributed by atoms with van der Waals surface area (Å²) >= 11 is 0. The first kappa shape index (κ1) is 11.9. The van der Waals surface area contributed by atoms with Gasteiger partial charge in [-0.2, -0.15) is 5.11 Å². The standard InChI is InChI=1S/C13H20N2/c1-5-13(4,10(2)3)11-6-8-12(15-14)9-7-11/h6-10,14H,5H2,1-4H3. The van der Waals surface area contributed by atoms with E-state index in [1.807, 2.05) is 12.1 Å². The lowest BCUT2D eigenvalue weighted by molar-refractivity contribution is 0.326. The minimum absolute atomic E-state index is 0.223. The van der Waals surface area contributed by atoms with Crippen LogP contribution in [0.15, 0.2) is 29.4 Å². The Hall–Kier alpha value is -1.18. The molecule has 0 aliphatic carbocycles. The van der Waals surface area contributed by atoms with Crippen molar-refractivity contribution in [3.8, 4) is 0 Å². The Morgan fingerprint density at radius 2 is 1.80 bits per heavy atom. The fourth-order valence-electron chi connectivity index (χ4n) is 1.86. The molecule has 1 atom stereocenters. The maximum atomic E-state index is 6.92. The fraction of sp³-hybridized carbons (Fsp3) is 0.538. The van der Waals surface area contributed by atoms with Crippen molar-refractivity contribution in [1.29, 1.82) is 5.53 Å². The zero-order chi connectivity index (χ0) is 11.5. The minimum atomic E-state index is 0.223. The smallest absolute Gasteiger partial charge is 0.0850 e. The normalized spacial score (nSPS) is 15.0. The Kier molecular flexibility index (Phi) is 3.61. The van der Waals surface area contributed by atoms with Crippen LogP contribution in [0, 0.1) is 11.4 Å². The largest absolute Gasteiger partial charge is 0.204 e. The lowest BCUT2D eigenvalue weighted by atomic mass is 9.71. The second kappa shape index (κ2) is 4.56.